The third-order valence-electron chi connectivity index (χ3n) is 3.90. The fourth-order valence-electron chi connectivity index (χ4n) is 2.60. The first-order valence-corrected chi connectivity index (χ1v) is 7.36. The number of H-pyrrole nitrogens is 1. The van der Waals surface area contributed by atoms with Gasteiger partial charge >= 0.3 is 0 Å². The van der Waals surface area contributed by atoms with E-state index in [4.69, 9.17) is 9.40 Å². The van der Waals surface area contributed by atoms with E-state index in [2.05, 4.69) is 41.0 Å². The second kappa shape index (κ2) is 5.25. The van der Waals surface area contributed by atoms with Crippen molar-refractivity contribution in [1.82, 2.24) is 15.2 Å². The summed E-state index contributed by atoms with van der Waals surface area (Å²) in [6, 6.07) is 12.1. The average Bonchev–Trinajstić information content (AvgIpc) is 3.24. The Morgan fingerprint density at radius 3 is 2.61 bits per heavy atom. The predicted octanol–water partition coefficient (Wildman–Crippen LogP) is 4.92. The third-order valence-corrected chi connectivity index (χ3v) is 3.90. The lowest BCUT2D eigenvalue weighted by Crippen LogP contribution is -1.84. The van der Waals surface area contributed by atoms with Gasteiger partial charge in [0.1, 0.15) is 11.8 Å². The van der Waals surface area contributed by atoms with Crippen molar-refractivity contribution in [2.24, 2.45) is 0 Å². The summed E-state index contributed by atoms with van der Waals surface area (Å²) in [5, 5.41) is 6.79. The summed E-state index contributed by atoms with van der Waals surface area (Å²) in [4.78, 5) is 4.74. The molecule has 0 aliphatic rings. The van der Waals surface area contributed by atoms with Crippen LogP contribution in [0.25, 0.3) is 39.1 Å². The Morgan fingerprint density at radius 1 is 1.09 bits per heavy atom. The number of nitrogens with one attached hydrogen (secondary N) is 1. The lowest BCUT2D eigenvalue weighted by atomic mass is 10.0. The van der Waals surface area contributed by atoms with E-state index in [0.717, 1.165) is 44.6 Å². The number of furan rings is 1. The second-order valence-corrected chi connectivity index (χ2v) is 5.54. The molecule has 4 nitrogen and oxygen atoms in total. The van der Waals surface area contributed by atoms with E-state index in [1.165, 1.54) is 0 Å². The standard InChI is InChI=1S/C19H15N3O/c1-12(2)13-3-5-14(6-4-13)16-11-23-18-8-7-17(22-19(16)18)15-9-20-21-10-15/h3-11H,1H2,2H3,(H,20,21). The van der Waals surface area contributed by atoms with Gasteiger partial charge in [0, 0.05) is 17.3 Å². The summed E-state index contributed by atoms with van der Waals surface area (Å²) in [7, 11) is 0. The predicted molar refractivity (Wildman–Crippen MR) is 91.7 cm³/mol. The molecule has 0 aliphatic heterocycles. The maximum Gasteiger partial charge on any atom is 0.153 e. The van der Waals surface area contributed by atoms with E-state index < -0.39 is 0 Å². The van der Waals surface area contributed by atoms with Gasteiger partial charge < -0.3 is 4.42 Å². The van der Waals surface area contributed by atoms with Gasteiger partial charge in [-0.05, 0) is 30.2 Å². The van der Waals surface area contributed by atoms with Gasteiger partial charge in [-0.15, -0.1) is 0 Å². The molecule has 0 saturated carbocycles. The molecule has 0 fully saturated rings. The van der Waals surface area contributed by atoms with E-state index in [-0.39, 0.29) is 0 Å². The molecule has 3 aromatic heterocycles. The Hall–Kier alpha value is -3.14. The van der Waals surface area contributed by atoms with Crippen molar-refractivity contribution >= 4 is 16.7 Å². The third kappa shape index (κ3) is 2.34. The molecule has 0 aliphatic carbocycles. The van der Waals surface area contributed by atoms with Crippen molar-refractivity contribution in [3.8, 4) is 22.4 Å². The van der Waals surface area contributed by atoms with Gasteiger partial charge in [-0.25, -0.2) is 4.98 Å². The van der Waals surface area contributed by atoms with E-state index in [9.17, 15) is 0 Å². The van der Waals surface area contributed by atoms with Crippen LogP contribution < -0.4 is 0 Å². The maximum absolute atomic E-state index is 5.65. The van der Waals surface area contributed by atoms with Crippen molar-refractivity contribution in [1.29, 1.82) is 0 Å². The van der Waals surface area contributed by atoms with Crippen LogP contribution in [0.3, 0.4) is 0 Å². The Morgan fingerprint density at radius 2 is 1.91 bits per heavy atom. The first kappa shape index (κ1) is 13.5. The van der Waals surface area contributed by atoms with Crippen LogP contribution in [-0.2, 0) is 0 Å². The highest BCUT2D eigenvalue weighted by molar-refractivity contribution is 5.92. The molecule has 1 N–H and O–H groups in total. The highest BCUT2D eigenvalue weighted by atomic mass is 16.3. The lowest BCUT2D eigenvalue weighted by Gasteiger charge is -2.03. The van der Waals surface area contributed by atoms with Gasteiger partial charge in [0.15, 0.2) is 5.58 Å². The smallest absolute Gasteiger partial charge is 0.153 e. The van der Waals surface area contributed by atoms with Crippen molar-refractivity contribution in [2.75, 3.05) is 0 Å². The van der Waals surface area contributed by atoms with Crippen molar-refractivity contribution < 1.29 is 4.42 Å². The number of hydrogen-bond donors (Lipinski definition) is 1. The molecule has 0 saturated heterocycles. The number of rotatable bonds is 3. The number of allylic oxidation sites excluding steroid dienone is 1. The van der Waals surface area contributed by atoms with Crippen LogP contribution in [0.2, 0.25) is 0 Å². The lowest BCUT2D eigenvalue weighted by molar-refractivity contribution is 0.616. The quantitative estimate of drug-likeness (QED) is 0.584. The summed E-state index contributed by atoms with van der Waals surface area (Å²) < 4.78 is 5.65. The molecule has 0 spiro atoms. The van der Waals surface area contributed by atoms with Gasteiger partial charge in [-0.3, -0.25) is 5.10 Å². The fourth-order valence-corrected chi connectivity index (χ4v) is 2.60. The van der Waals surface area contributed by atoms with E-state index in [1.54, 1.807) is 12.5 Å². The highest BCUT2D eigenvalue weighted by Crippen LogP contribution is 2.31. The summed E-state index contributed by atoms with van der Waals surface area (Å²) in [5.41, 5.74) is 7.69. The molecule has 0 radical (unpaired) electrons. The molecule has 4 rings (SSSR count). The first-order valence-electron chi connectivity index (χ1n) is 7.36. The molecule has 23 heavy (non-hydrogen) atoms. The van der Waals surface area contributed by atoms with Crippen molar-refractivity contribution in [3.63, 3.8) is 0 Å². The highest BCUT2D eigenvalue weighted by Gasteiger charge is 2.11. The number of aromatic amines is 1. The molecule has 0 amide bonds. The van der Waals surface area contributed by atoms with Crippen LogP contribution in [0.15, 0.2) is 66.1 Å². The number of fused-ring (bicyclic) bond motifs is 1. The maximum atomic E-state index is 5.65. The SMILES string of the molecule is C=C(C)c1ccc(-c2coc3ccc(-c4cn[nH]c4)nc23)cc1. The molecule has 4 heteroatoms. The summed E-state index contributed by atoms with van der Waals surface area (Å²) in [6.45, 7) is 5.97. The molecule has 1 aromatic carbocycles. The van der Waals surface area contributed by atoms with Crippen LogP contribution >= 0.6 is 0 Å². The van der Waals surface area contributed by atoms with Crippen LogP contribution in [-0.4, -0.2) is 15.2 Å². The number of hydrogen-bond acceptors (Lipinski definition) is 3. The van der Waals surface area contributed by atoms with E-state index in [1.807, 2.05) is 25.3 Å². The molecule has 0 bridgehead atoms. The number of nitrogens with zero attached hydrogens (tertiary/aromatic N) is 2. The van der Waals surface area contributed by atoms with Gasteiger partial charge in [-0.1, -0.05) is 36.4 Å². The average molecular weight is 301 g/mol. The van der Waals surface area contributed by atoms with Gasteiger partial charge in [-0.2, -0.15) is 5.10 Å². The Bertz CT molecular complexity index is 979. The largest absolute Gasteiger partial charge is 0.462 e. The Kier molecular flexibility index (Phi) is 3.08. The summed E-state index contributed by atoms with van der Waals surface area (Å²) in [6.07, 6.45) is 5.34. The van der Waals surface area contributed by atoms with E-state index >= 15 is 0 Å². The minimum Gasteiger partial charge on any atom is -0.462 e. The Balaban J connectivity index is 1.83. The van der Waals surface area contributed by atoms with Gasteiger partial charge in [0.25, 0.3) is 0 Å². The normalized spacial score (nSPS) is 11.0. The topological polar surface area (TPSA) is 54.7 Å². The monoisotopic (exact) mass is 301 g/mol. The zero-order chi connectivity index (χ0) is 15.8. The van der Waals surface area contributed by atoms with Crippen molar-refractivity contribution in [3.05, 3.63) is 67.2 Å². The van der Waals surface area contributed by atoms with Crippen LogP contribution in [0, 0.1) is 0 Å². The molecule has 0 unspecified atom stereocenters. The number of aromatic nitrogens is 3. The Labute approximate surface area is 133 Å². The number of benzene rings is 1. The molecule has 0 atom stereocenters. The first-order chi connectivity index (χ1) is 11.2. The zero-order valence-electron chi connectivity index (χ0n) is 12.7. The fraction of sp³-hybridized carbons (Fsp3) is 0.0526. The number of pyridine rings is 1. The van der Waals surface area contributed by atoms with Crippen LogP contribution in [0.5, 0.6) is 0 Å². The summed E-state index contributed by atoms with van der Waals surface area (Å²) >= 11 is 0. The molecular formula is C19H15N3O. The molecule has 112 valence electrons. The second-order valence-electron chi connectivity index (χ2n) is 5.54. The van der Waals surface area contributed by atoms with Gasteiger partial charge in [0.05, 0.1) is 11.9 Å². The minimum absolute atomic E-state index is 0.774. The van der Waals surface area contributed by atoms with Gasteiger partial charge in [0.2, 0.25) is 0 Å². The minimum atomic E-state index is 0.774. The van der Waals surface area contributed by atoms with Crippen molar-refractivity contribution in [2.45, 2.75) is 6.92 Å². The molecule has 3 heterocycles. The molecule has 4 aromatic rings. The van der Waals surface area contributed by atoms with Crippen LogP contribution in [0.4, 0.5) is 0 Å². The molecular weight excluding hydrogens is 286 g/mol. The van der Waals surface area contributed by atoms with Crippen LogP contribution in [0.1, 0.15) is 12.5 Å². The van der Waals surface area contributed by atoms with E-state index in [0.29, 0.717) is 0 Å². The summed E-state index contributed by atoms with van der Waals surface area (Å²) in [5.74, 6) is 0. The zero-order valence-corrected chi connectivity index (χ0v) is 12.7.